The number of ether oxygens (including phenoxy) is 1. The van der Waals surface area contributed by atoms with Crippen LogP contribution in [0.1, 0.15) is 37.4 Å². The van der Waals surface area contributed by atoms with E-state index in [1.165, 1.54) is 7.11 Å². The molecule has 1 saturated heterocycles. The van der Waals surface area contributed by atoms with Crippen LogP contribution in [0.25, 0.3) is 0 Å². The third-order valence-electron chi connectivity index (χ3n) is 5.29. The standard InChI is InChI=1S/C25H25N5O3/c1-15-4-9-21(27-14-15)28-25(32)19-12-16(2)13-20(33-3)22(19)29-24(31)18-7-5-17(6-8-18)23(26)30-10-11-30/h4-9,12-14,26H,10-11H2,1-3H3,(H,29,31)(H,27,28,32). The van der Waals surface area contributed by atoms with E-state index in [-0.39, 0.29) is 17.2 Å². The number of methoxy groups -OCH3 is 1. The molecule has 0 aliphatic carbocycles. The zero-order valence-corrected chi connectivity index (χ0v) is 18.7. The van der Waals surface area contributed by atoms with E-state index in [9.17, 15) is 9.59 Å². The van der Waals surface area contributed by atoms with Gasteiger partial charge in [-0.3, -0.25) is 15.0 Å². The molecule has 2 heterocycles. The second-order valence-electron chi connectivity index (χ2n) is 7.93. The molecule has 168 valence electrons. The first-order valence-electron chi connectivity index (χ1n) is 10.5. The van der Waals surface area contributed by atoms with Crippen molar-refractivity contribution < 1.29 is 14.3 Å². The summed E-state index contributed by atoms with van der Waals surface area (Å²) >= 11 is 0. The summed E-state index contributed by atoms with van der Waals surface area (Å²) in [7, 11) is 1.49. The predicted molar refractivity (Wildman–Crippen MR) is 127 cm³/mol. The van der Waals surface area contributed by atoms with E-state index < -0.39 is 5.91 Å². The second kappa shape index (κ2) is 9.12. The maximum Gasteiger partial charge on any atom is 0.259 e. The monoisotopic (exact) mass is 443 g/mol. The summed E-state index contributed by atoms with van der Waals surface area (Å²) in [5, 5.41) is 13.7. The molecule has 1 aliphatic rings. The number of carbonyl (C=O) groups excluding carboxylic acids is 2. The smallest absolute Gasteiger partial charge is 0.259 e. The van der Waals surface area contributed by atoms with Gasteiger partial charge in [-0.25, -0.2) is 4.98 Å². The molecule has 3 aromatic rings. The van der Waals surface area contributed by atoms with E-state index in [1.54, 1.807) is 48.7 Å². The summed E-state index contributed by atoms with van der Waals surface area (Å²) in [4.78, 5) is 32.2. The van der Waals surface area contributed by atoms with Crippen LogP contribution in [-0.2, 0) is 0 Å². The Labute approximate surface area is 192 Å². The number of pyridine rings is 1. The van der Waals surface area contributed by atoms with Crippen molar-refractivity contribution in [3.05, 3.63) is 82.5 Å². The molecular formula is C25H25N5O3. The summed E-state index contributed by atoms with van der Waals surface area (Å²) in [5.74, 6) is 0.444. The predicted octanol–water partition coefficient (Wildman–Crippen LogP) is 3.85. The van der Waals surface area contributed by atoms with Crippen LogP contribution in [0.3, 0.4) is 0 Å². The SMILES string of the molecule is COc1cc(C)cc(C(=O)Nc2ccc(C)cn2)c1NC(=O)c1ccc(C(=N)N2CC2)cc1. The van der Waals surface area contributed by atoms with Gasteiger partial charge < -0.3 is 20.3 Å². The largest absolute Gasteiger partial charge is 0.495 e. The zero-order chi connectivity index (χ0) is 23.5. The highest BCUT2D eigenvalue weighted by Gasteiger charge is 2.23. The van der Waals surface area contributed by atoms with Crippen molar-refractivity contribution in [1.82, 2.24) is 9.88 Å². The van der Waals surface area contributed by atoms with Gasteiger partial charge in [-0.2, -0.15) is 0 Å². The third kappa shape index (κ3) is 5.01. The molecule has 3 N–H and O–H groups in total. The van der Waals surface area contributed by atoms with E-state index in [1.807, 2.05) is 24.8 Å². The number of amidine groups is 1. The number of nitrogens with one attached hydrogen (secondary N) is 3. The Balaban J connectivity index is 1.59. The quantitative estimate of drug-likeness (QED) is 0.305. The number of anilines is 2. The lowest BCUT2D eigenvalue weighted by Gasteiger charge is -2.16. The highest BCUT2D eigenvalue weighted by Crippen LogP contribution is 2.31. The van der Waals surface area contributed by atoms with Crippen molar-refractivity contribution in [2.45, 2.75) is 13.8 Å². The molecule has 0 bridgehead atoms. The minimum Gasteiger partial charge on any atom is -0.495 e. The fourth-order valence-corrected chi connectivity index (χ4v) is 3.37. The number of hydrogen-bond acceptors (Lipinski definition) is 5. The minimum absolute atomic E-state index is 0.266. The molecular weight excluding hydrogens is 418 g/mol. The maximum absolute atomic E-state index is 13.1. The summed E-state index contributed by atoms with van der Waals surface area (Å²) in [5.41, 5.74) is 3.49. The summed E-state index contributed by atoms with van der Waals surface area (Å²) in [6.45, 7) is 5.53. The number of amides is 2. The first-order valence-corrected chi connectivity index (χ1v) is 10.5. The van der Waals surface area contributed by atoms with Crippen LogP contribution in [0.2, 0.25) is 0 Å². The molecule has 33 heavy (non-hydrogen) atoms. The van der Waals surface area contributed by atoms with Crippen LogP contribution in [0.15, 0.2) is 54.7 Å². The van der Waals surface area contributed by atoms with Gasteiger partial charge in [-0.05, 0) is 55.3 Å². The van der Waals surface area contributed by atoms with Gasteiger partial charge in [0.15, 0.2) is 0 Å². The van der Waals surface area contributed by atoms with Crippen LogP contribution >= 0.6 is 0 Å². The van der Waals surface area contributed by atoms with Gasteiger partial charge in [-0.15, -0.1) is 0 Å². The van der Waals surface area contributed by atoms with E-state index in [2.05, 4.69) is 15.6 Å². The maximum atomic E-state index is 13.1. The number of carbonyl (C=O) groups is 2. The lowest BCUT2D eigenvalue weighted by molar-refractivity contribution is 0.102. The van der Waals surface area contributed by atoms with Crippen LogP contribution < -0.4 is 15.4 Å². The fraction of sp³-hybridized carbons (Fsp3) is 0.200. The highest BCUT2D eigenvalue weighted by atomic mass is 16.5. The lowest BCUT2D eigenvalue weighted by Crippen LogP contribution is -2.20. The minimum atomic E-state index is -0.411. The van der Waals surface area contributed by atoms with E-state index >= 15 is 0 Å². The lowest BCUT2D eigenvalue weighted by atomic mass is 10.1. The first-order chi connectivity index (χ1) is 15.9. The van der Waals surface area contributed by atoms with E-state index in [4.69, 9.17) is 10.1 Å². The summed E-state index contributed by atoms with van der Waals surface area (Å²) < 4.78 is 5.46. The van der Waals surface area contributed by atoms with Crippen LogP contribution in [0.4, 0.5) is 11.5 Å². The molecule has 0 radical (unpaired) electrons. The number of benzene rings is 2. The molecule has 1 aliphatic heterocycles. The molecule has 2 amide bonds. The zero-order valence-electron chi connectivity index (χ0n) is 18.7. The van der Waals surface area contributed by atoms with Crippen molar-refractivity contribution in [2.75, 3.05) is 30.8 Å². The Morgan fingerprint density at radius 3 is 2.24 bits per heavy atom. The molecule has 2 aromatic carbocycles. The number of rotatable bonds is 6. The third-order valence-corrected chi connectivity index (χ3v) is 5.29. The topological polar surface area (TPSA) is 107 Å². The number of nitrogens with zero attached hydrogens (tertiary/aromatic N) is 2. The Bertz CT molecular complexity index is 1220. The molecule has 8 heteroatoms. The average molecular weight is 444 g/mol. The van der Waals surface area contributed by atoms with Crippen molar-refractivity contribution in [3.8, 4) is 5.75 Å². The molecule has 0 atom stereocenters. The Kier molecular flexibility index (Phi) is 6.08. The van der Waals surface area contributed by atoms with Gasteiger partial charge in [0.1, 0.15) is 17.4 Å². The molecule has 4 rings (SSSR count). The van der Waals surface area contributed by atoms with Gasteiger partial charge >= 0.3 is 0 Å². The molecule has 0 unspecified atom stereocenters. The average Bonchev–Trinajstić information content (AvgIpc) is 3.66. The molecule has 0 spiro atoms. The Morgan fingerprint density at radius 2 is 1.64 bits per heavy atom. The van der Waals surface area contributed by atoms with Crippen molar-refractivity contribution >= 4 is 29.2 Å². The summed E-state index contributed by atoms with van der Waals surface area (Å²) in [6.07, 6.45) is 1.67. The normalized spacial score (nSPS) is 12.2. The Hall–Kier alpha value is -4.20. The second-order valence-corrected chi connectivity index (χ2v) is 7.93. The van der Waals surface area contributed by atoms with Gasteiger partial charge in [0, 0.05) is 30.4 Å². The molecule has 8 nitrogen and oxygen atoms in total. The van der Waals surface area contributed by atoms with Crippen LogP contribution in [0.5, 0.6) is 5.75 Å². The van der Waals surface area contributed by atoms with Crippen molar-refractivity contribution in [3.63, 3.8) is 0 Å². The van der Waals surface area contributed by atoms with E-state index in [0.29, 0.717) is 23.0 Å². The number of hydrogen-bond donors (Lipinski definition) is 3. The van der Waals surface area contributed by atoms with Gasteiger partial charge in [0.2, 0.25) is 0 Å². The highest BCUT2D eigenvalue weighted by molar-refractivity contribution is 6.13. The molecule has 1 aromatic heterocycles. The summed E-state index contributed by atoms with van der Waals surface area (Å²) in [6, 6.07) is 13.8. The fourth-order valence-electron chi connectivity index (χ4n) is 3.37. The van der Waals surface area contributed by atoms with Crippen molar-refractivity contribution in [2.24, 2.45) is 0 Å². The number of aromatic nitrogens is 1. The van der Waals surface area contributed by atoms with Crippen LogP contribution in [0, 0.1) is 19.3 Å². The first kappa shape index (κ1) is 22.0. The molecule has 0 saturated carbocycles. The van der Waals surface area contributed by atoms with Gasteiger partial charge in [0.05, 0.1) is 18.4 Å². The van der Waals surface area contributed by atoms with Crippen LogP contribution in [-0.4, -0.2) is 47.7 Å². The molecule has 1 fully saturated rings. The van der Waals surface area contributed by atoms with Gasteiger partial charge in [0.25, 0.3) is 11.8 Å². The van der Waals surface area contributed by atoms with Crippen molar-refractivity contribution in [1.29, 1.82) is 5.41 Å². The van der Waals surface area contributed by atoms with Gasteiger partial charge in [-0.1, -0.05) is 18.2 Å². The Morgan fingerprint density at radius 1 is 0.939 bits per heavy atom. The number of aryl methyl sites for hydroxylation is 2. The van der Waals surface area contributed by atoms with E-state index in [0.717, 1.165) is 29.8 Å².